The summed E-state index contributed by atoms with van der Waals surface area (Å²) in [6, 6.07) is 1.88. The van der Waals surface area contributed by atoms with E-state index >= 15 is 0 Å². The Morgan fingerprint density at radius 2 is 2.33 bits per heavy atom. The van der Waals surface area contributed by atoms with E-state index in [1.807, 2.05) is 13.1 Å². The monoisotopic (exact) mass is 274 g/mol. The molecule has 0 spiro atoms. The maximum absolute atomic E-state index is 5.70. The number of likely N-dealkylation sites (N-methyl/N-ethyl adjacent to an activating group) is 1. The van der Waals surface area contributed by atoms with Gasteiger partial charge in [-0.15, -0.1) is 0 Å². The third-order valence-corrected chi connectivity index (χ3v) is 2.20. The van der Waals surface area contributed by atoms with E-state index < -0.39 is 0 Å². The van der Waals surface area contributed by atoms with Crippen LogP contribution < -0.4 is 10.1 Å². The van der Waals surface area contributed by atoms with Crippen molar-refractivity contribution in [3.8, 4) is 5.75 Å². The number of nitrogens with one attached hydrogen (secondary N) is 1. The smallest absolute Gasteiger partial charge is 0.139 e. The molecule has 0 bridgehead atoms. The second kappa shape index (κ2) is 6.76. The number of hydrogen-bond donors (Lipinski definition) is 1. The van der Waals surface area contributed by atoms with Gasteiger partial charge in [-0.2, -0.15) is 0 Å². The Hall–Kier alpha value is -0.650. The SMILES string of the molecule is CNCC(COC)Oc1cncc(Br)c1. The molecule has 0 saturated carbocycles. The highest BCUT2D eigenvalue weighted by Gasteiger charge is 2.09. The zero-order chi connectivity index (χ0) is 11.1. The second-order valence-electron chi connectivity index (χ2n) is 3.09. The van der Waals surface area contributed by atoms with Crippen molar-refractivity contribution in [3.05, 3.63) is 22.9 Å². The Kier molecular flexibility index (Phi) is 5.60. The number of nitrogens with zero attached hydrogens (tertiary/aromatic N) is 1. The molecular weight excluding hydrogens is 260 g/mol. The predicted octanol–water partition coefficient (Wildman–Crippen LogP) is 1.46. The number of hydrogen-bond acceptors (Lipinski definition) is 4. The van der Waals surface area contributed by atoms with Crippen LogP contribution in [0.15, 0.2) is 22.9 Å². The van der Waals surface area contributed by atoms with Crippen LogP contribution in [-0.2, 0) is 4.74 Å². The van der Waals surface area contributed by atoms with Gasteiger partial charge in [0, 0.05) is 24.3 Å². The molecule has 0 radical (unpaired) electrons. The van der Waals surface area contributed by atoms with Gasteiger partial charge in [0.15, 0.2) is 0 Å². The summed E-state index contributed by atoms with van der Waals surface area (Å²) >= 11 is 3.34. The number of methoxy groups -OCH3 is 1. The Morgan fingerprint density at radius 1 is 1.53 bits per heavy atom. The molecule has 0 fully saturated rings. The molecule has 0 saturated heterocycles. The second-order valence-corrected chi connectivity index (χ2v) is 4.01. The van der Waals surface area contributed by atoms with Gasteiger partial charge in [-0.25, -0.2) is 0 Å². The van der Waals surface area contributed by atoms with Crippen molar-refractivity contribution >= 4 is 15.9 Å². The maximum Gasteiger partial charge on any atom is 0.139 e. The van der Waals surface area contributed by atoms with Gasteiger partial charge < -0.3 is 14.8 Å². The highest BCUT2D eigenvalue weighted by Crippen LogP contribution is 2.16. The highest BCUT2D eigenvalue weighted by atomic mass is 79.9. The first-order chi connectivity index (χ1) is 7.26. The molecule has 0 aliphatic carbocycles. The van der Waals surface area contributed by atoms with Crippen molar-refractivity contribution in [1.29, 1.82) is 0 Å². The van der Waals surface area contributed by atoms with Crippen LogP contribution in [0.1, 0.15) is 0 Å². The van der Waals surface area contributed by atoms with Gasteiger partial charge in [-0.1, -0.05) is 0 Å². The zero-order valence-electron chi connectivity index (χ0n) is 8.87. The molecule has 1 aromatic rings. The molecule has 5 heteroatoms. The van der Waals surface area contributed by atoms with E-state index in [0.717, 1.165) is 16.8 Å². The highest BCUT2D eigenvalue weighted by molar-refractivity contribution is 9.10. The Labute approximate surface area is 98.1 Å². The van der Waals surface area contributed by atoms with Gasteiger partial charge in [0.2, 0.25) is 0 Å². The van der Waals surface area contributed by atoms with Crippen molar-refractivity contribution < 1.29 is 9.47 Å². The molecule has 1 unspecified atom stereocenters. The van der Waals surface area contributed by atoms with E-state index in [1.54, 1.807) is 19.5 Å². The Bertz CT molecular complexity index is 291. The summed E-state index contributed by atoms with van der Waals surface area (Å²) < 4.78 is 11.7. The van der Waals surface area contributed by atoms with Gasteiger partial charge in [-0.3, -0.25) is 4.98 Å². The lowest BCUT2D eigenvalue weighted by atomic mass is 10.3. The molecule has 1 atom stereocenters. The molecule has 1 heterocycles. The van der Waals surface area contributed by atoms with E-state index in [2.05, 4.69) is 26.2 Å². The molecule has 0 aromatic carbocycles. The topological polar surface area (TPSA) is 43.4 Å². The third-order valence-electron chi connectivity index (χ3n) is 1.77. The van der Waals surface area contributed by atoms with Crippen molar-refractivity contribution in [2.24, 2.45) is 0 Å². The van der Waals surface area contributed by atoms with Crippen LogP contribution in [0.25, 0.3) is 0 Å². The third kappa shape index (κ3) is 4.59. The lowest BCUT2D eigenvalue weighted by Gasteiger charge is -2.17. The first-order valence-electron chi connectivity index (χ1n) is 4.67. The van der Waals surface area contributed by atoms with E-state index in [1.165, 1.54) is 0 Å². The average Bonchev–Trinajstić information content (AvgIpc) is 2.18. The van der Waals surface area contributed by atoms with Crippen LogP contribution in [0, 0.1) is 0 Å². The molecular formula is C10H15BrN2O2. The molecule has 1 rings (SSSR count). The van der Waals surface area contributed by atoms with Gasteiger partial charge >= 0.3 is 0 Å². The van der Waals surface area contributed by atoms with Crippen molar-refractivity contribution in [3.63, 3.8) is 0 Å². The van der Waals surface area contributed by atoms with Crippen LogP contribution in [0.5, 0.6) is 5.75 Å². The van der Waals surface area contributed by atoms with Gasteiger partial charge in [0.1, 0.15) is 11.9 Å². The summed E-state index contributed by atoms with van der Waals surface area (Å²) in [5.41, 5.74) is 0. The molecule has 0 aliphatic heterocycles. The normalized spacial score (nSPS) is 12.5. The van der Waals surface area contributed by atoms with Gasteiger partial charge in [0.25, 0.3) is 0 Å². The summed E-state index contributed by atoms with van der Waals surface area (Å²) in [6.45, 7) is 1.29. The molecule has 4 nitrogen and oxygen atoms in total. The minimum atomic E-state index is -0.00361. The number of aromatic nitrogens is 1. The van der Waals surface area contributed by atoms with E-state index in [4.69, 9.17) is 9.47 Å². The first kappa shape index (κ1) is 12.4. The van der Waals surface area contributed by atoms with Crippen molar-refractivity contribution in [1.82, 2.24) is 10.3 Å². The number of ether oxygens (including phenoxy) is 2. The molecule has 0 aliphatic rings. The summed E-state index contributed by atoms with van der Waals surface area (Å²) in [5, 5.41) is 3.05. The summed E-state index contributed by atoms with van der Waals surface area (Å²) in [5.74, 6) is 0.738. The molecule has 1 N–H and O–H groups in total. The van der Waals surface area contributed by atoms with Crippen molar-refractivity contribution in [2.75, 3.05) is 27.3 Å². The largest absolute Gasteiger partial charge is 0.485 e. The minimum Gasteiger partial charge on any atom is -0.485 e. The van der Waals surface area contributed by atoms with Gasteiger partial charge in [0.05, 0.1) is 12.8 Å². The van der Waals surface area contributed by atoms with E-state index in [-0.39, 0.29) is 6.10 Å². The van der Waals surface area contributed by atoms with Crippen LogP contribution in [0.3, 0.4) is 0 Å². The fourth-order valence-corrected chi connectivity index (χ4v) is 1.54. The molecule has 1 aromatic heterocycles. The number of halogens is 1. The standard InChI is InChI=1S/C10H15BrN2O2/c1-12-5-10(7-14-2)15-9-3-8(11)4-13-6-9/h3-4,6,10,12H,5,7H2,1-2H3. The molecule has 0 amide bonds. The Morgan fingerprint density at radius 3 is 2.93 bits per heavy atom. The number of pyridine rings is 1. The van der Waals surface area contributed by atoms with Gasteiger partial charge in [-0.05, 0) is 29.0 Å². The summed E-state index contributed by atoms with van der Waals surface area (Å²) in [4.78, 5) is 4.02. The Balaban J connectivity index is 2.56. The predicted molar refractivity (Wildman–Crippen MR) is 62.2 cm³/mol. The van der Waals surface area contributed by atoms with Crippen LogP contribution in [0.2, 0.25) is 0 Å². The first-order valence-corrected chi connectivity index (χ1v) is 5.46. The molecule has 84 valence electrons. The number of rotatable bonds is 6. The summed E-state index contributed by atoms with van der Waals surface area (Å²) in [7, 11) is 3.54. The van der Waals surface area contributed by atoms with E-state index in [9.17, 15) is 0 Å². The minimum absolute atomic E-state index is 0.00361. The van der Waals surface area contributed by atoms with Crippen molar-refractivity contribution in [2.45, 2.75) is 6.10 Å². The van der Waals surface area contributed by atoms with Crippen LogP contribution >= 0.6 is 15.9 Å². The quantitative estimate of drug-likeness (QED) is 0.853. The van der Waals surface area contributed by atoms with Crippen LogP contribution in [-0.4, -0.2) is 38.4 Å². The lowest BCUT2D eigenvalue weighted by Crippen LogP contribution is -2.33. The maximum atomic E-state index is 5.70. The zero-order valence-corrected chi connectivity index (χ0v) is 10.5. The summed E-state index contributed by atoms with van der Waals surface area (Å²) in [6.07, 6.45) is 3.40. The fraction of sp³-hybridized carbons (Fsp3) is 0.500. The average molecular weight is 275 g/mol. The van der Waals surface area contributed by atoms with E-state index in [0.29, 0.717) is 6.61 Å². The lowest BCUT2D eigenvalue weighted by molar-refractivity contribution is 0.0815. The molecule has 15 heavy (non-hydrogen) atoms. The fourth-order valence-electron chi connectivity index (χ4n) is 1.20. The van der Waals surface area contributed by atoms with Crippen LogP contribution in [0.4, 0.5) is 0 Å².